The Bertz CT molecular complexity index is 393. The van der Waals surface area contributed by atoms with Crippen molar-refractivity contribution in [3.8, 4) is 0 Å². The van der Waals surface area contributed by atoms with Crippen LogP contribution in [0.1, 0.15) is 16.2 Å². The molecular formula is C7H5ClN2O4. The number of halogens is 1. The summed E-state index contributed by atoms with van der Waals surface area (Å²) in [6.45, 7) is 0. The van der Waals surface area contributed by atoms with Crippen LogP contribution in [0.2, 0.25) is 5.15 Å². The number of hydrogen-bond acceptors (Lipinski definition) is 4. The number of carboxylic acids is 2. The summed E-state index contributed by atoms with van der Waals surface area (Å²) >= 11 is 5.41. The molecule has 1 aromatic rings. The third-order valence-electron chi connectivity index (χ3n) is 1.34. The van der Waals surface area contributed by atoms with Crippen LogP contribution in [0.4, 0.5) is 0 Å². The van der Waals surface area contributed by atoms with Gasteiger partial charge in [0.05, 0.1) is 18.3 Å². The lowest BCUT2D eigenvalue weighted by Crippen LogP contribution is -2.12. The molecule has 0 saturated heterocycles. The number of carbonyl (C=O) groups is 2. The lowest BCUT2D eigenvalue weighted by Gasteiger charge is -2.00. The maximum absolute atomic E-state index is 10.6. The zero-order chi connectivity index (χ0) is 10.7. The molecule has 0 fully saturated rings. The van der Waals surface area contributed by atoms with E-state index in [1.165, 1.54) is 0 Å². The first-order valence-electron chi connectivity index (χ1n) is 3.47. The molecule has 0 saturated carbocycles. The van der Waals surface area contributed by atoms with Crippen LogP contribution in [0.25, 0.3) is 0 Å². The van der Waals surface area contributed by atoms with E-state index in [1.54, 1.807) is 0 Å². The van der Waals surface area contributed by atoms with Gasteiger partial charge in [0.2, 0.25) is 0 Å². The summed E-state index contributed by atoms with van der Waals surface area (Å²) in [5, 5.41) is 17.0. The molecule has 6 nitrogen and oxygen atoms in total. The zero-order valence-corrected chi connectivity index (χ0v) is 7.52. The molecule has 0 bridgehead atoms. The van der Waals surface area contributed by atoms with Gasteiger partial charge >= 0.3 is 11.9 Å². The molecular weight excluding hydrogens is 212 g/mol. The Labute approximate surface area is 83.2 Å². The molecule has 1 aromatic heterocycles. The summed E-state index contributed by atoms with van der Waals surface area (Å²) in [5.41, 5.74) is -0.547. The van der Waals surface area contributed by atoms with E-state index in [9.17, 15) is 9.59 Å². The van der Waals surface area contributed by atoms with Gasteiger partial charge in [0.15, 0.2) is 5.69 Å². The molecule has 74 valence electrons. The van der Waals surface area contributed by atoms with E-state index in [4.69, 9.17) is 21.8 Å². The van der Waals surface area contributed by atoms with Crippen LogP contribution in [-0.2, 0) is 11.2 Å². The highest BCUT2D eigenvalue weighted by Crippen LogP contribution is 2.09. The fourth-order valence-corrected chi connectivity index (χ4v) is 0.970. The topological polar surface area (TPSA) is 100 Å². The van der Waals surface area contributed by atoms with Crippen LogP contribution in [-0.4, -0.2) is 32.1 Å². The van der Waals surface area contributed by atoms with Crippen molar-refractivity contribution in [2.75, 3.05) is 0 Å². The van der Waals surface area contributed by atoms with E-state index in [0.717, 1.165) is 6.20 Å². The smallest absolute Gasteiger partial charge is 0.356 e. The van der Waals surface area contributed by atoms with Crippen LogP contribution < -0.4 is 0 Å². The Morgan fingerprint density at radius 3 is 2.57 bits per heavy atom. The van der Waals surface area contributed by atoms with E-state index in [2.05, 4.69) is 9.97 Å². The van der Waals surface area contributed by atoms with Crippen LogP contribution in [0.15, 0.2) is 6.20 Å². The average molecular weight is 217 g/mol. The van der Waals surface area contributed by atoms with E-state index in [-0.39, 0.29) is 10.8 Å². The van der Waals surface area contributed by atoms with Crippen LogP contribution >= 0.6 is 11.6 Å². The lowest BCUT2D eigenvalue weighted by atomic mass is 10.2. The largest absolute Gasteiger partial charge is 0.481 e. The number of aromatic carboxylic acids is 1. The van der Waals surface area contributed by atoms with Gasteiger partial charge in [-0.1, -0.05) is 11.6 Å². The highest BCUT2D eigenvalue weighted by atomic mass is 35.5. The third kappa shape index (κ3) is 2.40. The highest BCUT2D eigenvalue weighted by molar-refractivity contribution is 6.29. The molecule has 1 rings (SSSR count). The van der Waals surface area contributed by atoms with Gasteiger partial charge in [-0.15, -0.1) is 0 Å². The Kier molecular flexibility index (Phi) is 2.98. The molecule has 0 aliphatic rings. The van der Waals surface area contributed by atoms with Crippen molar-refractivity contribution >= 4 is 23.5 Å². The van der Waals surface area contributed by atoms with E-state index in [0.29, 0.717) is 0 Å². The summed E-state index contributed by atoms with van der Waals surface area (Å²) in [6, 6.07) is 0. The van der Waals surface area contributed by atoms with Crippen LogP contribution in [0.3, 0.4) is 0 Å². The van der Waals surface area contributed by atoms with Crippen molar-refractivity contribution < 1.29 is 19.8 Å². The fraction of sp³-hybridized carbons (Fsp3) is 0.143. The Morgan fingerprint density at radius 1 is 1.43 bits per heavy atom. The van der Waals surface area contributed by atoms with Crippen molar-refractivity contribution in [1.82, 2.24) is 9.97 Å². The summed E-state index contributed by atoms with van der Waals surface area (Å²) in [7, 11) is 0. The number of hydrogen-bond donors (Lipinski definition) is 2. The molecule has 2 N–H and O–H groups in total. The van der Waals surface area contributed by atoms with Gasteiger partial charge in [-0.25, -0.2) is 9.78 Å². The van der Waals surface area contributed by atoms with Crippen molar-refractivity contribution in [3.05, 3.63) is 22.7 Å². The van der Waals surface area contributed by atoms with Crippen LogP contribution in [0.5, 0.6) is 0 Å². The van der Waals surface area contributed by atoms with Gasteiger partial charge in [-0.2, -0.15) is 0 Å². The molecule has 0 aliphatic heterocycles. The van der Waals surface area contributed by atoms with Gasteiger partial charge in [-0.3, -0.25) is 9.78 Å². The first-order chi connectivity index (χ1) is 6.50. The maximum atomic E-state index is 10.6. The first kappa shape index (κ1) is 10.4. The van der Waals surface area contributed by atoms with Crippen molar-refractivity contribution in [2.24, 2.45) is 0 Å². The Hall–Kier alpha value is -1.69. The van der Waals surface area contributed by atoms with E-state index < -0.39 is 24.1 Å². The van der Waals surface area contributed by atoms with Crippen molar-refractivity contribution in [1.29, 1.82) is 0 Å². The summed E-state index contributed by atoms with van der Waals surface area (Å²) in [4.78, 5) is 28.0. The second kappa shape index (κ2) is 4.01. The van der Waals surface area contributed by atoms with E-state index >= 15 is 0 Å². The van der Waals surface area contributed by atoms with Crippen LogP contribution in [0, 0.1) is 0 Å². The highest BCUT2D eigenvalue weighted by Gasteiger charge is 2.16. The number of carboxylic acid groups (broad SMARTS) is 2. The molecule has 0 amide bonds. The lowest BCUT2D eigenvalue weighted by molar-refractivity contribution is -0.136. The molecule has 0 atom stereocenters. The average Bonchev–Trinajstić information content (AvgIpc) is 2.07. The molecule has 0 spiro atoms. The standard InChI is InChI=1S/C7H5ClN2O4/c8-4-2-9-3(1-5(11)12)6(10-4)7(13)14/h2H,1H2,(H,11,12)(H,13,14). The normalized spacial score (nSPS) is 9.79. The quantitative estimate of drug-likeness (QED) is 0.761. The molecule has 0 aliphatic carbocycles. The van der Waals surface area contributed by atoms with Gasteiger partial charge < -0.3 is 10.2 Å². The first-order valence-corrected chi connectivity index (χ1v) is 3.85. The minimum atomic E-state index is -1.35. The third-order valence-corrected chi connectivity index (χ3v) is 1.52. The number of nitrogens with zero attached hydrogens (tertiary/aromatic N) is 2. The number of aromatic nitrogens is 2. The monoisotopic (exact) mass is 216 g/mol. The van der Waals surface area contributed by atoms with Gasteiger partial charge in [0.25, 0.3) is 0 Å². The molecule has 1 heterocycles. The zero-order valence-electron chi connectivity index (χ0n) is 6.77. The summed E-state index contributed by atoms with van der Waals surface area (Å²) in [5.74, 6) is -2.53. The Morgan fingerprint density at radius 2 is 2.07 bits per heavy atom. The second-order valence-electron chi connectivity index (χ2n) is 2.36. The number of aliphatic carboxylic acids is 1. The maximum Gasteiger partial charge on any atom is 0.356 e. The predicted octanol–water partition coefficient (Wildman–Crippen LogP) is 0.455. The SMILES string of the molecule is O=C(O)Cc1ncc(Cl)nc1C(=O)O. The molecule has 0 radical (unpaired) electrons. The molecule has 7 heteroatoms. The second-order valence-corrected chi connectivity index (χ2v) is 2.75. The predicted molar refractivity (Wildman–Crippen MR) is 45.3 cm³/mol. The fourth-order valence-electron chi connectivity index (χ4n) is 0.836. The van der Waals surface area contributed by atoms with Gasteiger partial charge in [0.1, 0.15) is 5.15 Å². The number of rotatable bonds is 3. The molecule has 0 aromatic carbocycles. The molecule has 0 unspecified atom stereocenters. The summed E-state index contributed by atoms with van der Waals surface area (Å²) < 4.78 is 0. The van der Waals surface area contributed by atoms with Crippen molar-refractivity contribution in [2.45, 2.75) is 6.42 Å². The van der Waals surface area contributed by atoms with E-state index in [1.807, 2.05) is 0 Å². The van der Waals surface area contributed by atoms with Gasteiger partial charge in [0, 0.05) is 0 Å². The molecule has 14 heavy (non-hydrogen) atoms. The minimum Gasteiger partial charge on any atom is -0.481 e. The Balaban J connectivity index is 3.14. The van der Waals surface area contributed by atoms with Gasteiger partial charge in [-0.05, 0) is 0 Å². The minimum absolute atomic E-state index is 0.0865. The van der Waals surface area contributed by atoms with Crippen molar-refractivity contribution in [3.63, 3.8) is 0 Å². The summed E-state index contributed by atoms with van der Waals surface area (Å²) in [6.07, 6.45) is 0.609.